The highest BCUT2D eigenvalue weighted by molar-refractivity contribution is 9.10. The van der Waals surface area contributed by atoms with Gasteiger partial charge in [0.05, 0.1) is 0 Å². The van der Waals surface area contributed by atoms with Crippen LogP contribution in [0.25, 0.3) is 0 Å². The minimum atomic E-state index is 1.11. The maximum atomic E-state index is 3.55. The lowest BCUT2D eigenvalue weighted by Crippen LogP contribution is -2.44. The van der Waals surface area contributed by atoms with E-state index < -0.39 is 0 Å². The average molecular weight is 326 g/mol. The summed E-state index contributed by atoms with van der Waals surface area (Å²) in [5, 5.41) is 3.40. The van der Waals surface area contributed by atoms with Crippen molar-refractivity contribution in [1.82, 2.24) is 10.2 Å². The smallest absolute Gasteiger partial charge is 0.0404 e. The lowest BCUT2D eigenvalue weighted by atomic mass is 10.2. The normalized spacial score (nSPS) is 16.6. The van der Waals surface area contributed by atoms with Crippen LogP contribution in [0.5, 0.6) is 0 Å². The molecule has 0 spiro atoms. The highest BCUT2D eigenvalue weighted by Gasteiger charge is 2.10. The molecule has 0 bridgehead atoms. The van der Waals surface area contributed by atoms with E-state index in [-0.39, 0.29) is 0 Å². The maximum absolute atomic E-state index is 3.55. The van der Waals surface area contributed by atoms with Crippen LogP contribution < -0.4 is 10.2 Å². The number of anilines is 1. The van der Waals surface area contributed by atoms with E-state index in [0.717, 1.165) is 24.1 Å². The van der Waals surface area contributed by atoms with Gasteiger partial charge >= 0.3 is 0 Å². The zero-order valence-electron chi connectivity index (χ0n) is 12.0. The predicted octanol–water partition coefficient (Wildman–Crippen LogP) is 2.49. The van der Waals surface area contributed by atoms with Crippen LogP contribution >= 0.6 is 15.9 Å². The van der Waals surface area contributed by atoms with Gasteiger partial charge in [0.15, 0.2) is 0 Å². The molecule has 0 amide bonds. The molecule has 3 nitrogen and oxygen atoms in total. The Bertz CT molecular complexity index is 402. The second-order valence-electron chi connectivity index (χ2n) is 5.30. The average Bonchev–Trinajstić information content (AvgIpc) is 2.42. The second-order valence-corrected chi connectivity index (χ2v) is 6.21. The molecule has 0 aliphatic carbocycles. The fourth-order valence-electron chi connectivity index (χ4n) is 2.58. The Balaban J connectivity index is 1.80. The lowest BCUT2D eigenvalue weighted by molar-refractivity contribution is 0.239. The molecule has 19 heavy (non-hydrogen) atoms. The molecule has 4 heteroatoms. The number of hydrogen-bond acceptors (Lipinski definition) is 3. The van der Waals surface area contributed by atoms with E-state index in [1.54, 1.807) is 0 Å². The van der Waals surface area contributed by atoms with Crippen LogP contribution in [0.3, 0.4) is 0 Å². The van der Waals surface area contributed by atoms with E-state index in [0.29, 0.717) is 0 Å². The molecule has 1 aliphatic rings. The number of aryl methyl sites for hydroxylation is 1. The van der Waals surface area contributed by atoms with Crippen LogP contribution in [0.1, 0.15) is 12.0 Å². The minimum absolute atomic E-state index is 1.11. The van der Waals surface area contributed by atoms with Gasteiger partial charge in [-0.3, -0.25) is 0 Å². The third kappa shape index (κ3) is 4.48. The van der Waals surface area contributed by atoms with Crippen LogP contribution in [0, 0.1) is 6.92 Å². The molecule has 1 saturated heterocycles. The Labute approximate surface area is 125 Å². The summed E-state index contributed by atoms with van der Waals surface area (Å²) in [5.74, 6) is 0. The first-order valence-electron chi connectivity index (χ1n) is 7.07. The van der Waals surface area contributed by atoms with Gasteiger partial charge in [0.25, 0.3) is 0 Å². The van der Waals surface area contributed by atoms with E-state index >= 15 is 0 Å². The Morgan fingerprint density at radius 2 is 2.05 bits per heavy atom. The van der Waals surface area contributed by atoms with Crippen molar-refractivity contribution >= 4 is 21.6 Å². The van der Waals surface area contributed by atoms with Gasteiger partial charge in [0, 0.05) is 49.9 Å². The van der Waals surface area contributed by atoms with Crippen molar-refractivity contribution in [1.29, 1.82) is 0 Å². The molecule has 0 saturated carbocycles. The first-order chi connectivity index (χ1) is 9.16. The zero-order chi connectivity index (χ0) is 13.7. The lowest BCUT2D eigenvalue weighted by Gasteiger charge is -2.28. The largest absolute Gasteiger partial charge is 0.374 e. The van der Waals surface area contributed by atoms with Gasteiger partial charge in [-0.2, -0.15) is 0 Å². The summed E-state index contributed by atoms with van der Waals surface area (Å²) in [6.45, 7) is 9.16. The zero-order valence-corrected chi connectivity index (χ0v) is 13.5. The Morgan fingerprint density at radius 1 is 1.32 bits per heavy atom. The summed E-state index contributed by atoms with van der Waals surface area (Å²) >= 11 is 3.55. The molecule has 106 valence electrons. The molecule has 0 radical (unpaired) electrons. The highest BCUT2D eigenvalue weighted by atomic mass is 79.9. The maximum Gasteiger partial charge on any atom is 0.0404 e. The molecule has 1 aliphatic heterocycles. The van der Waals surface area contributed by atoms with Gasteiger partial charge in [-0.15, -0.1) is 0 Å². The van der Waals surface area contributed by atoms with Crippen molar-refractivity contribution in [2.75, 3.05) is 51.2 Å². The van der Waals surface area contributed by atoms with Crippen LogP contribution in [-0.2, 0) is 0 Å². The summed E-state index contributed by atoms with van der Waals surface area (Å²) < 4.78 is 1.15. The van der Waals surface area contributed by atoms with Crippen molar-refractivity contribution in [2.45, 2.75) is 13.3 Å². The quantitative estimate of drug-likeness (QED) is 0.897. The number of nitrogens with zero attached hydrogens (tertiary/aromatic N) is 2. The van der Waals surface area contributed by atoms with Gasteiger partial charge in [0.2, 0.25) is 0 Å². The molecule has 0 unspecified atom stereocenters. The van der Waals surface area contributed by atoms with Gasteiger partial charge in [-0.1, -0.05) is 22.0 Å². The van der Waals surface area contributed by atoms with Crippen LogP contribution in [0.4, 0.5) is 5.69 Å². The molecule has 1 heterocycles. The third-order valence-corrected chi connectivity index (χ3v) is 4.25. The number of benzene rings is 1. The first-order valence-corrected chi connectivity index (χ1v) is 7.86. The summed E-state index contributed by atoms with van der Waals surface area (Å²) in [6, 6.07) is 6.49. The monoisotopic (exact) mass is 325 g/mol. The molecular formula is C15H24BrN3. The van der Waals surface area contributed by atoms with Crippen LogP contribution in [-0.4, -0.2) is 51.2 Å². The fraction of sp³-hybridized carbons (Fsp3) is 0.600. The number of nitrogens with one attached hydrogen (secondary N) is 1. The molecule has 0 atom stereocenters. The molecule has 2 rings (SSSR count). The fourth-order valence-corrected chi connectivity index (χ4v) is 2.93. The Morgan fingerprint density at radius 3 is 2.79 bits per heavy atom. The van der Waals surface area contributed by atoms with E-state index in [2.05, 4.69) is 63.2 Å². The van der Waals surface area contributed by atoms with Gasteiger partial charge < -0.3 is 15.1 Å². The van der Waals surface area contributed by atoms with Gasteiger partial charge in [-0.25, -0.2) is 0 Å². The van der Waals surface area contributed by atoms with Crippen molar-refractivity contribution in [2.24, 2.45) is 0 Å². The van der Waals surface area contributed by atoms with Crippen molar-refractivity contribution in [3.8, 4) is 0 Å². The van der Waals surface area contributed by atoms with Crippen LogP contribution in [0.15, 0.2) is 22.7 Å². The van der Waals surface area contributed by atoms with Crippen molar-refractivity contribution in [3.63, 3.8) is 0 Å². The number of piperazine rings is 1. The molecule has 1 aromatic rings. The van der Waals surface area contributed by atoms with Crippen molar-refractivity contribution < 1.29 is 0 Å². The number of hydrogen-bond donors (Lipinski definition) is 1. The minimum Gasteiger partial charge on any atom is -0.374 e. The highest BCUT2D eigenvalue weighted by Crippen LogP contribution is 2.23. The molecular weight excluding hydrogens is 302 g/mol. The SMILES string of the molecule is Cc1ccc(Br)cc1N(C)CCCN1CCNCC1. The molecule has 1 fully saturated rings. The Hall–Kier alpha value is -0.580. The third-order valence-electron chi connectivity index (χ3n) is 3.76. The van der Waals surface area contributed by atoms with Gasteiger partial charge in [0.1, 0.15) is 0 Å². The molecule has 0 aromatic heterocycles. The topological polar surface area (TPSA) is 18.5 Å². The molecule has 1 N–H and O–H groups in total. The Kier molecular flexibility index (Phi) is 5.67. The summed E-state index contributed by atoms with van der Waals surface area (Å²) in [4.78, 5) is 4.92. The summed E-state index contributed by atoms with van der Waals surface area (Å²) in [7, 11) is 2.19. The van der Waals surface area contributed by atoms with Gasteiger partial charge in [-0.05, 0) is 37.6 Å². The number of halogens is 1. The molecule has 1 aromatic carbocycles. The van der Waals surface area contributed by atoms with E-state index in [1.807, 2.05) is 0 Å². The van der Waals surface area contributed by atoms with E-state index in [4.69, 9.17) is 0 Å². The summed E-state index contributed by atoms with van der Waals surface area (Å²) in [6.07, 6.45) is 1.22. The van der Waals surface area contributed by atoms with Crippen LogP contribution in [0.2, 0.25) is 0 Å². The summed E-state index contributed by atoms with van der Waals surface area (Å²) in [5.41, 5.74) is 2.67. The predicted molar refractivity (Wildman–Crippen MR) is 86.1 cm³/mol. The van der Waals surface area contributed by atoms with E-state index in [9.17, 15) is 0 Å². The number of rotatable bonds is 5. The first kappa shape index (κ1) is 14.8. The standard InChI is InChI=1S/C15H24BrN3/c1-13-4-5-14(16)12-15(13)18(2)8-3-9-19-10-6-17-7-11-19/h4-5,12,17H,3,6-11H2,1-2H3. The van der Waals surface area contributed by atoms with Crippen molar-refractivity contribution in [3.05, 3.63) is 28.2 Å². The second kappa shape index (κ2) is 7.27. The van der Waals surface area contributed by atoms with E-state index in [1.165, 1.54) is 37.3 Å².